The van der Waals surface area contributed by atoms with Crippen molar-refractivity contribution in [2.45, 2.75) is 43.0 Å². The van der Waals surface area contributed by atoms with E-state index in [0.717, 1.165) is 37.8 Å². The highest BCUT2D eigenvalue weighted by Gasteiger charge is 2.37. The summed E-state index contributed by atoms with van der Waals surface area (Å²) in [5, 5.41) is 0. The minimum atomic E-state index is -3.67. The quantitative estimate of drug-likeness (QED) is 0.705. The highest BCUT2D eigenvalue weighted by atomic mass is 32.2. The molecule has 2 aromatic carbocycles. The maximum atomic E-state index is 13.5. The first-order valence-electron chi connectivity index (χ1n) is 11.0. The number of benzene rings is 2. The first-order chi connectivity index (χ1) is 15.0. The number of ether oxygens (including phenoxy) is 1. The van der Waals surface area contributed by atoms with Gasteiger partial charge in [0.2, 0.25) is 15.9 Å². The summed E-state index contributed by atoms with van der Waals surface area (Å²) in [5.41, 5.74) is 1.16. The molecule has 0 N–H and O–H groups in total. The molecule has 2 atom stereocenters. The molecule has 2 saturated heterocycles. The second-order valence-corrected chi connectivity index (χ2v) is 10.3. The average molecular weight is 443 g/mol. The summed E-state index contributed by atoms with van der Waals surface area (Å²) in [6.07, 6.45) is 4.46. The van der Waals surface area contributed by atoms with Crippen LogP contribution in [0.4, 0.5) is 0 Å². The van der Waals surface area contributed by atoms with Gasteiger partial charge < -0.3 is 9.64 Å². The normalized spacial score (nSPS) is 22.8. The Morgan fingerprint density at radius 1 is 0.968 bits per heavy atom. The van der Waals surface area contributed by atoms with Crippen LogP contribution in [0.2, 0.25) is 0 Å². The third-order valence-corrected chi connectivity index (χ3v) is 8.24. The van der Waals surface area contributed by atoms with Gasteiger partial charge in [-0.05, 0) is 49.8 Å². The van der Waals surface area contributed by atoms with Crippen LogP contribution in [0.5, 0.6) is 5.75 Å². The van der Waals surface area contributed by atoms with E-state index in [1.165, 1.54) is 17.5 Å². The Labute approximate surface area is 184 Å². The van der Waals surface area contributed by atoms with Crippen molar-refractivity contribution in [1.29, 1.82) is 0 Å². The number of amides is 1. The van der Waals surface area contributed by atoms with Gasteiger partial charge in [-0.15, -0.1) is 0 Å². The first kappa shape index (κ1) is 21.8. The number of carbonyl (C=O) groups is 1. The number of likely N-dealkylation sites (tertiary alicyclic amines) is 1. The summed E-state index contributed by atoms with van der Waals surface area (Å²) >= 11 is 0. The van der Waals surface area contributed by atoms with Gasteiger partial charge in [-0.1, -0.05) is 36.4 Å². The Bertz CT molecular complexity index is 1010. The van der Waals surface area contributed by atoms with Gasteiger partial charge in [-0.2, -0.15) is 4.31 Å². The molecule has 31 heavy (non-hydrogen) atoms. The van der Waals surface area contributed by atoms with Crippen LogP contribution >= 0.6 is 0 Å². The Hall–Kier alpha value is -2.38. The smallest absolute Gasteiger partial charge is 0.243 e. The molecule has 2 heterocycles. The van der Waals surface area contributed by atoms with Crippen molar-refractivity contribution in [2.75, 3.05) is 26.7 Å². The Kier molecular flexibility index (Phi) is 6.62. The van der Waals surface area contributed by atoms with Gasteiger partial charge in [0.25, 0.3) is 0 Å². The lowest BCUT2D eigenvalue weighted by molar-refractivity contribution is -0.140. The van der Waals surface area contributed by atoms with Gasteiger partial charge in [0.1, 0.15) is 5.75 Å². The van der Waals surface area contributed by atoms with Crippen molar-refractivity contribution in [3.63, 3.8) is 0 Å². The standard InChI is InChI=1S/C24H30N2O4S/c1-30-21-12-7-13-22(17-21)31(28,29)25-15-8-11-20(18-25)24(27)26-16-6-5-14-23(26)19-9-3-2-4-10-19/h2-4,7,9-10,12-13,17,20,23H,5-6,8,11,14-16,18H2,1H3. The first-order valence-corrected chi connectivity index (χ1v) is 12.4. The summed E-state index contributed by atoms with van der Waals surface area (Å²) in [6, 6.07) is 16.8. The lowest BCUT2D eigenvalue weighted by Gasteiger charge is -2.40. The zero-order chi connectivity index (χ0) is 21.8. The fourth-order valence-corrected chi connectivity index (χ4v) is 6.28. The van der Waals surface area contributed by atoms with Gasteiger partial charge in [-0.3, -0.25) is 4.79 Å². The maximum Gasteiger partial charge on any atom is 0.243 e. The molecular weight excluding hydrogens is 412 g/mol. The summed E-state index contributed by atoms with van der Waals surface area (Å²) in [6.45, 7) is 1.40. The van der Waals surface area contributed by atoms with Gasteiger partial charge in [0.05, 0.1) is 24.0 Å². The van der Waals surface area contributed by atoms with Crippen LogP contribution in [0, 0.1) is 5.92 Å². The van der Waals surface area contributed by atoms with Crippen LogP contribution in [0.15, 0.2) is 59.5 Å². The van der Waals surface area contributed by atoms with Gasteiger partial charge in [-0.25, -0.2) is 8.42 Å². The average Bonchev–Trinajstić information content (AvgIpc) is 2.84. The molecule has 2 fully saturated rings. The Balaban J connectivity index is 1.53. The van der Waals surface area contributed by atoms with Crippen molar-refractivity contribution in [3.8, 4) is 5.75 Å². The summed E-state index contributed by atoms with van der Waals surface area (Å²) in [7, 11) is -2.16. The van der Waals surface area contributed by atoms with E-state index in [1.54, 1.807) is 18.2 Å². The Morgan fingerprint density at radius 2 is 1.77 bits per heavy atom. The number of carbonyl (C=O) groups excluding carboxylic acids is 1. The topological polar surface area (TPSA) is 66.9 Å². The SMILES string of the molecule is COc1cccc(S(=O)(=O)N2CCCC(C(=O)N3CCCCC3c3ccccc3)C2)c1. The third kappa shape index (κ3) is 4.62. The van der Waals surface area contributed by atoms with E-state index in [0.29, 0.717) is 18.7 Å². The molecule has 7 heteroatoms. The number of hydrogen-bond acceptors (Lipinski definition) is 4. The Morgan fingerprint density at radius 3 is 2.55 bits per heavy atom. The van der Waals surface area contributed by atoms with E-state index in [1.807, 2.05) is 23.1 Å². The predicted molar refractivity (Wildman–Crippen MR) is 119 cm³/mol. The maximum absolute atomic E-state index is 13.5. The highest BCUT2D eigenvalue weighted by Crippen LogP contribution is 2.34. The van der Waals surface area contributed by atoms with E-state index in [9.17, 15) is 13.2 Å². The molecule has 0 bridgehead atoms. The fraction of sp³-hybridized carbons (Fsp3) is 0.458. The van der Waals surface area contributed by atoms with Crippen LogP contribution in [0.3, 0.4) is 0 Å². The minimum absolute atomic E-state index is 0.0767. The van der Waals surface area contributed by atoms with Crippen molar-refractivity contribution in [2.24, 2.45) is 5.92 Å². The molecule has 0 radical (unpaired) electrons. The molecule has 0 aromatic heterocycles. The van der Waals surface area contributed by atoms with Crippen molar-refractivity contribution < 1.29 is 17.9 Å². The number of piperidine rings is 2. The number of rotatable bonds is 5. The molecule has 166 valence electrons. The van der Waals surface area contributed by atoms with Crippen molar-refractivity contribution in [3.05, 3.63) is 60.2 Å². The van der Waals surface area contributed by atoms with Crippen LogP contribution in [0.25, 0.3) is 0 Å². The number of methoxy groups -OCH3 is 1. The van der Waals surface area contributed by atoms with E-state index < -0.39 is 10.0 Å². The summed E-state index contributed by atoms with van der Waals surface area (Å²) < 4.78 is 33.1. The second kappa shape index (κ2) is 9.40. The lowest BCUT2D eigenvalue weighted by atomic mass is 9.91. The molecule has 1 amide bonds. The number of sulfonamides is 1. The third-order valence-electron chi connectivity index (χ3n) is 6.38. The molecule has 2 aromatic rings. The zero-order valence-electron chi connectivity index (χ0n) is 17.9. The lowest BCUT2D eigenvalue weighted by Crippen LogP contribution is -2.48. The van der Waals surface area contributed by atoms with Crippen LogP contribution in [-0.2, 0) is 14.8 Å². The molecule has 2 aliphatic heterocycles. The van der Waals surface area contributed by atoms with Gasteiger partial charge in [0.15, 0.2) is 0 Å². The molecule has 0 saturated carbocycles. The highest BCUT2D eigenvalue weighted by molar-refractivity contribution is 7.89. The molecular formula is C24H30N2O4S. The number of hydrogen-bond donors (Lipinski definition) is 0. The summed E-state index contributed by atoms with van der Waals surface area (Å²) in [4.78, 5) is 15.7. The van der Waals surface area contributed by atoms with Crippen LogP contribution < -0.4 is 4.74 Å². The molecule has 0 spiro atoms. The van der Waals surface area contributed by atoms with E-state index in [-0.39, 0.29) is 29.3 Å². The molecule has 6 nitrogen and oxygen atoms in total. The van der Waals surface area contributed by atoms with Crippen molar-refractivity contribution in [1.82, 2.24) is 9.21 Å². The van der Waals surface area contributed by atoms with E-state index >= 15 is 0 Å². The monoisotopic (exact) mass is 442 g/mol. The van der Waals surface area contributed by atoms with E-state index in [2.05, 4.69) is 12.1 Å². The van der Waals surface area contributed by atoms with Crippen LogP contribution in [0.1, 0.15) is 43.7 Å². The van der Waals surface area contributed by atoms with E-state index in [4.69, 9.17) is 4.74 Å². The predicted octanol–water partition coefficient (Wildman–Crippen LogP) is 3.85. The van der Waals surface area contributed by atoms with Gasteiger partial charge >= 0.3 is 0 Å². The largest absolute Gasteiger partial charge is 0.497 e. The fourth-order valence-electron chi connectivity index (χ4n) is 4.72. The minimum Gasteiger partial charge on any atom is -0.497 e. The number of nitrogens with zero attached hydrogens (tertiary/aromatic N) is 2. The molecule has 4 rings (SSSR count). The summed E-state index contributed by atoms with van der Waals surface area (Å²) in [5.74, 6) is 0.280. The van der Waals surface area contributed by atoms with Gasteiger partial charge in [0, 0.05) is 25.7 Å². The van der Waals surface area contributed by atoms with Crippen LogP contribution in [-0.4, -0.2) is 50.3 Å². The van der Waals surface area contributed by atoms with Crippen molar-refractivity contribution >= 4 is 15.9 Å². The second-order valence-electron chi connectivity index (χ2n) is 8.34. The molecule has 2 unspecified atom stereocenters. The molecule has 2 aliphatic rings. The zero-order valence-corrected chi connectivity index (χ0v) is 18.8. The molecule has 0 aliphatic carbocycles.